The third kappa shape index (κ3) is 3.46. The summed E-state index contributed by atoms with van der Waals surface area (Å²) >= 11 is 0. The van der Waals surface area contributed by atoms with Crippen molar-refractivity contribution in [3.63, 3.8) is 0 Å². The molecule has 0 spiro atoms. The highest BCUT2D eigenvalue weighted by Gasteiger charge is 2.58. The van der Waals surface area contributed by atoms with Gasteiger partial charge in [0.25, 0.3) is 10.1 Å². The largest absolute Gasteiger partial charge is 0.458 e. The molecule has 0 radical (unpaired) electrons. The average molecular weight is 435 g/mol. The second kappa shape index (κ2) is 6.73. The second-order valence-electron chi connectivity index (χ2n) is 6.23. The number of hydrogen-bond acceptors (Lipinski definition) is 4. The number of aromatic nitrogens is 3. The van der Waals surface area contributed by atoms with Gasteiger partial charge in [0.2, 0.25) is 0 Å². The highest BCUT2D eigenvalue weighted by atomic mass is 32.2. The van der Waals surface area contributed by atoms with Gasteiger partial charge in [0.05, 0.1) is 11.0 Å². The predicted molar refractivity (Wildman–Crippen MR) is 93.1 cm³/mol. The van der Waals surface area contributed by atoms with Crippen molar-refractivity contribution in [1.29, 1.82) is 0 Å². The van der Waals surface area contributed by atoms with E-state index in [1.165, 1.54) is 11.6 Å². The summed E-state index contributed by atoms with van der Waals surface area (Å²) in [4.78, 5) is 7.78. The van der Waals surface area contributed by atoms with Crippen LogP contribution in [0, 0.1) is 0 Å². The van der Waals surface area contributed by atoms with Crippen LogP contribution in [0.3, 0.4) is 0 Å². The molecule has 2 heterocycles. The maximum Gasteiger partial charge on any atom is 0.458 e. The molecule has 2 aromatic heterocycles. The quantitative estimate of drug-likeness (QED) is 0.493. The van der Waals surface area contributed by atoms with E-state index in [1.54, 1.807) is 6.92 Å². The predicted octanol–water partition coefficient (Wildman–Crippen LogP) is 4.10. The van der Waals surface area contributed by atoms with E-state index in [4.69, 9.17) is 0 Å². The van der Waals surface area contributed by atoms with Gasteiger partial charge in [-0.25, -0.2) is 4.98 Å². The van der Waals surface area contributed by atoms with Crippen molar-refractivity contribution in [3.8, 4) is 11.5 Å². The van der Waals surface area contributed by atoms with Crippen LogP contribution in [0.4, 0.5) is 22.0 Å². The Hall–Kier alpha value is -2.60. The van der Waals surface area contributed by atoms with Gasteiger partial charge in [0, 0.05) is 24.4 Å². The van der Waals surface area contributed by atoms with E-state index in [0.29, 0.717) is 12.1 Å². The van der Waals surface area contributed by atoms with E-state index in [1.807, 2.05) is 0 Å². The molecule has 0 aliphatic heterocycles. The minimum absolute atomic E-state index is 0.0508. The van der Waals surface area contributed by atoms with Gasteiger partial charge in [-0.15, -0.1) is 0 Å². The number of fused-ring (bicyclic) bond motifs is 1. The molecular formula is C17H14F5N3O3S. The Labute approximate surface area is 161 Å². The molecule has 12 heteroatoms. The number of pyridine rings is 1. The van der Waals surface area contributed by atoms with Gasteiger partial charge < -0.3 is 4.57 Å². The third-order valence-electron chi connectivity index (χ3n) is 4.46. The van der Waals surface area contributed by atoms with Gasteiger partial charge in [-0.05, 0) is 24.6 Å². The Kier molecular flexibility index (Phi) is 4.90. The lowest BCUT2D eigenvalue weighted by Gasteiger charge is -2.19. The highest BCUT2D eigenvalue weighted by Crippen LogP contribution is 2.44. The lowest BCUT2D eigenvalue weighted by atomic mass is 10.1. The molecule has 1 aromatic carbocycles. The van der Waals surface area contributed by atoms with Gasteiger partial charge >= 0.3 is 12.1 Å². The highest BCUT2D eigenvalue weighted by molar-refractivity contribution is 7.85. The van der Waals surface area contributed by atoms with Crippen LogP contribution in [0.5, 0.6) is 0 Å². The SMILES string of the molecule is CCc1c(S(=O)(=O)O)ccnc1-c1nc2cc(C(F)(F)C(F)(F)F)ccc2n1C. The zero-order valence-electron chi connectivity index (χ0n) is 15.0. The summed E-state index contributed by atoms with van der Waals surface area (Å²) < 4.78 is 99.3. The Balaban J connectivity index is 2.25. The molecule has 0 unspecified atom stereocenters. The number of aryl methyl sites for hydroxylation is 1. The molecule has 6 nitrogen and oxygen atoms in total. The molecule has 29 heavy (non-hydrogen) atoms. The lowest BCUT2D eigenvalue weighted by Crippen LogP contribution is -2.33. The van der Waals surface area contributed by atoms with Crippen molar-refractivity contribution in [1.82, 2.24) is 14.5 Å². The second-order valence-corrected chi connectivity index (χ2v) is 7.62. The molecule has 0 aliphatic rings. The molecule has 0 aliphatic carbocycles. The van der Waals surface area contributed by atoms with Gasteiger partial charge in [-0.1, -0.05) is 13.0 Å². The zero-order chi connectivity index (χ0) is 21.8. The molecule has 0 saturated carbocycles. The summed E-state index contributed by atoms with van der Waals surface area (Å²) in [7, 11) is -3.08. The van der Waals surface area contributed by atoms with E-state index in [2.05, 4.69) is 9.97 Å². The molecule has 0 fully saturated rings. The van der Waals surface area contributed by atoms with E-state index in [0.717, 1.165) is 18.3 Å². The lowest BCUT2D eigenvalue weighted by molar-refractivity contribution is -0.289. The molecule has 0 amide bonds. The van der Waals surface area contributed by atoms with Gasteiger partial charge in [-0.2, -0.15) is 30.4 Å². The number of halogens is 5. The Morgan fingerprint density at radius 2 is 1.79 bits per heavy atom. The van der Waals surface area contributed by atoms with Crippen molar-refractivity contribution in [2.24, 2.45) is 7.05 Å². The fourth-order valence-electron chi connectivity index (χ4n) is 3.02. The fraction of sp³-hybridized carbons (Fsp3) is 0.294. The number of imidazole rings is 1. The van der Waals surface area contributed by atoms with E-state index >= 15 is 0 Å². The van der Waals surface area contributed by atoms with Crippen LogP contribution in [0.25, 0.3) is 22.6 Å². The van der Waals surface area contributed by atoms with Crippen molar-refractivity contribution < 1.29 is 34.9 Å². The Morgan fingerprint density at radius 3 is 2.34 bits per heavy atom. The fourth-order valence-corrected chi connectivity index (χ4v) is 3.81. The monoisotopic (exact) mass is 435 g/mol. The van der Waals surface area contributed by atoms with Gasteiger partial charge in [-0.3, -0.25) is 9.54 Å². The van der Waals surface area contributed by atoms with Crippen LogP contribution in [-0.2, 0) is 29.5 Å². The Bertz CT molecular complexity index is 1200. The minimum Gasteiger partial charge on any atom is -0.326 e. The summed E-state index contributed by atoms with van der Waals surface area (Å²) in [5, 5.41) is 0. The molecule has 0 bridgehead atoms. The average Bonchev–Trinajstić information content (AvgIpc) is 2.95. The van der Waals surface area contributed by atoms with Crippen LogP contribution in [0.2, 0.25) is 0 Å². The van der Waals surface area contributed by atoms with Crippen LogP contribution in [-0.4, -0.2) is 33.7 Å². The summed E-state index contributed by atoms with van der Waals surface area (Å²) in [5.41, 5.74) is -0.981. The first kappa shape index (κ1) is 21.1. The maximum atomic E-state index is 13.7. The number of alkyl halides is 5. The van der Waals surface area contributed by atoms with Crippen molar-refractivity contribution in [2.75, 3.05) is 0 Å². The van der Waals surface area contributed by atoms with Crippen LogP contribution in [0.1, 0.15) is 18.1 Å². The first-order valence-electron chi connectivity index (χ1n) is 8.16. The minimum atomic E-state index is -5.76. The number of hydrogen-bond donors (Lipinski definition) is 1. The van der Waals surface area contributed by atoms with Gasteiger partial charge in [0.1, 0.15) is 10.6 Å². The van der Waals surface area contributed by atoms with Gasteiger partial charge in [0.15, 0.2) is 5.82 Å². The molecule has 3 rings (SSSR count). The molecule has 0 atom stereocenters. The van der Waals surface area contributed by atoms with Crippen LogP contribution < -0.4 is 0 Å². The van der Waals surface area contributed by atoms with Crippen molar-refractivity contribution in [3.05, 3.63) is 41.6 Å². The normalized spacial score (nSPS) is 13.2. The third-order valence-corrected chi connectivity index (χ3v) is 5.39. The number of nitrogens with zero attached hydrogens (tertiary/aromatic N) is 3. The molecular weight excluding hydrogens is 421 g/mol. The molecule has 1 N–H and O–H groups in total. The summed E-state index contributed by atoms with van der Waals surface area (Å²) in [6, 6.07) is 3.45. The molecule has 0 saturated heterocycles. The molecule has 3 aromatic rings. The van der Waals surface area contributed by atoms with Crippen molar-refractivity contribution in [2.45, 2.75) is 30.3 Å². The number of benzene rings is 1. The van der Waals surface area contributed by atoms with E-state index < -0.39 is 27.8 Å². The smallest absolute Gasteiger partial charge is 0.326 e. The van der Waals surface area contributed by atoms with E-state index in [9.17, 15) is 34.9 Å². The standard InChI is InChI=1S/C17H14F5N3O3S/c1-3-10-13(29(26,27)28)6-7-23-14(10)15-24-11-8-9(4-5-12(11)25(15)2)16(18,19)17(20,21)22/h4-8H,3H2,1-2H3,(H,26,27,28). The first-order valence-corrected chi connectivity index (χ1v) is 9.60. The summed E-state index contributed by atoms with van der Waals surface area (Å²) in [6.07, 6.45) is -4.50. The summed E-state index contributed by atoms with van der Waals surface area (Å²) in [5.74, 6) is -5.01. The molecule has 156 valence electrons. The first-order chi connectivity index (χ1) is 13.3. The van der Waals surface area contributed by atoms with Crippen LogP contribution >= 0.6 is 0 Å². The maximum absolute atomic E-state index is 13.7. The summed E-state index contributed by atoms with van der Waals surface area (Å²) in [6.45, 7) is 1.61. The number of rotatable bonds is 4. The van der Waals surface area contributed by atoms with Crippen molar-refractivity contribution >= 4 is 21.2 Å². The topological polar surface area (TPSA) is 85.1 Å². The Morgan fingerprint density at radius 1 is 1.14 bits per heavy atom. The zero-order valence-corrected chi connectivity index (χ0v) is 15.8. The van der Waals surface area contributed by atoms with E-state index in [-0.39, 0.29) is 39.4 Å². The van der Waals surface area contributed by atoms with Crippen LogP contribution in [0.15, 0.2) is 35.4 Å².